The first-order chi connectivity index (χ1) is 7.63. The number of halogens is 2. The van der Waals surface area contributed by atoms with Gasteiger partial charge >= 0.3 is 6.01 Å². The second kappa shape index (κ2) is 4.67. The van der Waals surface area contributed by atoms with Crippen molar-refractivity contribution >= 4 is 33.3 Å². The molecule has 2 rings (SSSR count). The predicted octanol–water partition coefficient (Wildman–Crippen LogP) is 3.27. The number of nitrogen functional groups attached to an aromatic ring is 1. The number of nitrogens with two attached hydrogens (primary N) is 1. The van der Waals surface area contributed by atoms with E-state index in [0.29, 0.717) is 21.2 Å². The molecular weight excluding hydrogens is 293 g/mol. The quantitative estimate of drug-likeness (QED) is 0.865. The minimum atomic E-state index is 0.175. The van der Waals surface area contributed by atoms with Crippen LogP contribution in [0.1, 0.15) is 0 Å². The third kappa shape index (κ3) is 2.84. The van der Waals surface area contributed by atoms with Crippen LogP contribution < -0.4 is 10.5 Å². The van der Waals surface area contributed by atoms with Crippen LogP contribution in [0, 0.1) is 0 Å². The van der Waals surface area contributed by atoms with Crippen LogP contribution in [0.4, 0.5) is 5.82 Å². The molecule has 0 aliphatic rings. The van der Waals surface area contributed by atoms with Crippen LogP contribution >= 0.6 is 27.5 Å². The molecule has 0 fully saturated rings. The molecule has 0 aliphatic heterocycles. The van der Waals surface area contributed by atoms with Gasteiger partial charge in [-0.05, 0) is 34.1 Å². The maximum Gasteiger partial charge on any atom is 0.325 e. The molecule has 6 heteroatoms. The Labute approximate surface area is 106 Å². The Morgan fingerprint density at radius 3 is 2.75 bits per heavy atom. The average molecular weight is 301 g/mol. The maximum atomic E-state index is 5.82. The summed E-state index contributed by atoms with van der Waals surface area (Å²) in [5.41, 5.74) is 5.56. The van der Waals surface area contributed by atoms with E-state index in [4.69, 9.17) is 22.1 Å². The van der Waals surface area contributed by atoms with Gasteiger partial charge in [-0.1, -0.05) is 17.7 Å². The van der Waals surface area contributed by atoms with Crippen molar-refractivity contribution in [1.29, 1.82) is 0 Å². The zero-order valence-electron chi connectivity index (χ0n) is 8.02. The summed E-state index contributed by atoms with van der Waals surface area (Å²) >= 11 is 9.02. The Kier molecular flexibility index (Phi) is 3.26. The summed E-state index contributed by atoms with van der Waals surface area (Å²) in [4.78, 5) is 7.95. The van der Waals surface area contributed by atoms with Gasteiger partial charge in [0.2, 0.25) is 0 Å². The van der Waals surface area contributed by atoms with Crippen molar-refractivity contribution in [3.63, 3.8) is 0 Å². The van der Waals surface area contributed by atoms with Crippen molar-refractivity contribution in [3.8, 4) is 11.8 Å². The highest BCUT2D eigenvalue weighted by Crippen LogP contribution is 2.23. The largest absolute Gasteiger partial charge is 0.424 e. The molecule has 4 nitrogen and oxygen atoms in total. The topological polar surface area (TPSA) is 61.0 Å². The Balaban J connectivity index is 2.27. The molecular formula is C10H7BrClN3O. The van der Waals surface area contributed by atoms with E-state index in [-0.39, 0.29) is 6.01 Å². The molecule has 0 amide bonds. The SMILES string of the molecule is Nc1cc(Br)nc(Oc2cccc(Cl)c2)n1. The number of rotatable bonds is 2. The molecule has 1 aromatic heterocycles. The standard InChI is InChI=1S/C10H7BrClN3O/c11-8-5-9(13)15-10(14-8)16-7-3-1-2-6(12)4-7/h1-5H,(H2,13,14,15). The summed E-state index contributed by atoms with van der Waals surface area (Å²) in [6, 6.07) is 8.72. The summed E-state index contributed by atoms with van der Waals surface area (Å²) in [6.07, 6.45) is 0. The van der Waals surface area contributed by atoms with Crippen molar-refractivity contribution < 1.29 is 4.74 Å². The third-order valence-electron chi connectivity index (χ3n) is 1.70. The van der Waals surface area contributed by atoms with Gasteiger partial charge < -0.3 is 10.5 Å². The monoisotopic (exact) mass is 299 g/mol. The molecule has 0 radical (unpaired) electrons. The molecule has 1 aromatic carbocycles. The van der Waals surface area contributed by atoms with E-state index in [0.717, 1.165) is 0 Å². The summed E-state index contributed by atoms with van der Waals surface area (Å²) in [7, 11) is 0. The number of hydrogen-bond donors (Lipinski definition) is 1. The Bertz CT molecular complexity index is 501. The zero-order chi connectivity index (χ0) is 11.5. The van der Waals surface area contributed by atoms with Gasteiger partial charge in [-0.15, -0.1) is 0 Å². The van der Waals surface area contributed by atoms with E-state index in [9.17, 15) is 0 Å². The van der Waals surface area contributed by atoms with Gasteiger partial charge in [-0.3, -0.25) is 0 Å². The highest BCUT2D eigenvalue weighted by atomic mass is 79.9. The van der Waals surface area contributed by atoms with E-state index in [1.165, 1.54) is 0 Å². The molecule has 0 saturated carbocycles. The first-order valence-corrected chi connectivity index (χ1v) is 5.54. The lowest BCUT2D eigenvalue weighted by Crippen LogP contribution is -1.96. The number of aromatic nitrogens is 2. The van der Waals surface area contributed by atoms with Crippen LogP contribution in [0.3, 0.4) is 0 Å². The van der Waals surface area contributed by atoms with Gasteiger partial charge in [0.15, 0.2) is 0 Å². The van der Waals surface area contributed by atoms with Gasteiger partial charge in [0, 0.05) is 11.1 Å². The molecule has 82 valence electrons. The molecule has 0 spiro atoms. The summed E-state index contributed by atoms with van der Waals surface area (Å²) in [6.45, 7) is 0. The lowest BCUT2D eigenvalue weighted by Gasteiger charge is -2.04. The minimum Gasteiger partial charge on any atom is -0.424 e. The fourth-order valence-electron chi connectivity index (χ4n) is 1.09. The fraction of sp³-hybridized carbons (Fsp3) is 0. The summed E-state index contributed by atoms with van der Waals surface area (Å²) in [5, 5.41) is 0.584. The number of hydrogen-bond acceptors (Lipinski definition) is 4. The highest BCUT2D eigenvalue weighted by Gasteiger charge is 2.03. The number of benzene rings is 1. The van der Waals surface area contributed by atoms with Gasteiger partial charge in [0.1, 0.15) is 16.2 Å². The minimum absolute atomic E-state index is 0.175. The van der Waals surface area contributed by atoms with E-state index >= 15 is 0 Å². The predicted molar refractivity (Wildman–Crippen MR) is 65.7 cm³/mol. The Morgan fingerprint density at radius 2 is 2.06 bits per heavy atom. The van der Waals surface area contributed by atoms with Crippen molar-refractivity contribution in [3.05, 3.63) is 40.0 Å². The summed E-state index contributed by atoms with van der Waals surface area (Å²) in [5.74, 6) is 0.893. The van der Waals surface area contributed by atoms with Gasteiger partial charge in [-0.25, -0.2) is 0 Å². The first-order valence-electron chi connectivity index (χ1n) is 4.37. The van der Waals surface area contributed by atoms with Crippen LogP contribution in [-0.2, 0) is 0 Å². The molecule has 0 unspecified atom stereocenters. The van der Waals surface area contributed by atoms with Crippen LogP contribution in [-0.4, -0.2) is 9.97 Å². The average Bonchev–Trinajstić information content (AvgIpc) is 2.15. The van der Waals surface area contributed by atoms with E-state index in [1.54, 1.807) is 30.3 Å². The van der Waals surface area contributed by atoms with E-state index < -0.39 is 0 Å². The number of nitrogens with zero attached hydrogens (tertiary/aromatic N) is 2. The van der Waals surface area contributed by atoms with Crippen molar-refractivity contribution in [2.24, 2.45) is 0 Å². The van der Waals surface area contributed by atoms with Crippen LogP contribution in [0.2, 0.25) is 5.02 Å². The van der Waals surface area contributed by atoms with Crippen molar-refractivity contribution in [2.45, 2.75) is 0 Å². The maximum absolute atomic E-state index is 5.82. The second-order valence-corrected chi connectivity index (χ2v) is 4.21. The van der Waals surface area contributed by atoms with Crippen LogP contribution in [0.5, 0.6) is 11.8 Å². The van der Waals surface area contributed by atoms with Crippen LogP contribution in [0.15, 0.2) is 34.9 Å². The molecule has 0 atom stereocenters. The molecule has 0 bridgehead atoms. The van der Waals surface area contributed by atoms with Gasteiger partial charge in [0.05, 0.1) is 0 Å². The summed E-state index contributed by atoms with van der Waals surface area (Å²) < 4.78 is 5.97. The van der Waals surface area contributed by atoms with Crippen molar-refractivity contribution in [1.82, 2.24) is 9.97 Å². The zero-order valence-corrected chi connectivity index (χ0v) is 10.4. The van der Waals surface area contributed by atoms with E-state index in [2.05, 4.69) is 25.9 Å². The Hall–Kier alpha value is -1.33. The molecule has 0 aliphatic carbocycles. The normalized spacial score (nSPS) is 10.1. The van der Waals surface area contributed by atoms with Crippen molar-refractivity contribution in [2.75, 3.05) is 5.73 Å². The molecule has 2 aromatic rings. The lowest BCUT2D eigenvalue weighted by atomic mass is 10.3. The smallest absolute Gasteiger partial charge is 0.325 e. The van der Waals surface area contributed by atoms with Gasteiger partial charge in [0.25, 0.3) is 0 Å². The highest BCUT2D eigenvalue weighted by molar-refractivity contribution is 9.10. The number of anilines is 1. The fourth-order valence-corrected chi connectivity index (χ4v) is 1.66. The van der Waals surface area contributed by atoms with Crippen LogP contribution in [0.25, 0.3) is 0 Å². The third-order valence-corrected chi connectivity index (χ3v) is 2.34. The Morgan fingerprint density at radius 1 is 1.25 bits per heavy atom. The number of ether oxygens (including phenoxy) is 1. The molecule has 2 N–H and O–H groups in total. The second-order valence-electron chi connectivity index (χ2n) is 2.96. The van der Waals surface area contributed by atoms with Gasteiger partial charge in [-0.2, -0.15) is 9.97 Å². The van der Waals surface area contributed by atoms with E-state index in [1.807, 2.05) is 0 Å². The first kappa shape index (κ1) is 11.2. The lowest BCUT2D eigenvalue weighted by molar-refractivity contribution is 0.441. The molecule has 16 heavy (non-hydrogen) atoms. The molecule has 1 heterocycles. The molecule has 0 saturated heterocycles.